The molecule has 0 aromatic rings. The molecule has 0 bridgehead atoms. The van der Waals surface area contributed by atoms with Gasteiger partial charge in [-0.05, 0) is 6.42 Å². The molecular weight excluding hydrogens is 271 g/mol. The van der Waals surface area contributed by atoms with Crippen molar-refractivity contribution in [1.29, 1.82) is 0 Å². The lowest BCUT2D eigenvalue weighted by Gasteiger charge is -2.18. The monoisotopic (exact) mass is 284 g/mol. The van der Waals surface area contributed by atoms with E-state index in [4.69, 9.17) is 0 Å². The predicted molar refractivity (Wildman–Crippen MR) is 54.1 cm³/mol. The van der Waals surface area contributed by atoms with Crippen LogP contribution >= 0.6 is 22.6 Å². The molecule has 0 fully saturated rings. The number of halogens is 1. The fourth-order valence-corrected chi connectivity index (χ4v) is 0.885. The number of methoxy groups -OCH3 is 1. The molecule has 70 valence electrons. The topological polar surface area (TPSA) is 43.4 Å². The average Bonchev–Trinajstić information content (AvgIpc) is 2.00. The highest BCUT2D eigenvalue weighted by Crippen LogP contribution is 2.26. The van der Waals surface area contributed by atoms with Crippen LogP contribution < -0.4 is 0 Å². The molecule has 3 nitrogen and oxygen atoms in total. The maximum atomic E-state index is 11.0. The van der Waals surface area contributed by atoms with Gasteiger partial charge in [-0.1, -0.05) is 13.8 Å². The summed E-state index contributed by atoms with van der Waals surface area (Å²) in [5.41, 5.74) is -0.422. The highest BCUT2D eigenvalue weighted by molar-refractivity contribution is 14.1. The highest BCUT2D eigenvalue weighted by Gasteiger charge is 2.25. The zero-order chi connectivity index (χ0) is 9.78. The Morgan fingerprint density at radius 1 is 1.42 bits per heavy atom. The van der Waals surface area contributed by atoms with Crippen molar-refractivity contribution in [3.8, 4) is 0 Å². The maximum Gasteiger partial charge on any atom is 0.305 e. The lowest BCUT2D eigenvalue weighted by molar-refractivity contribution is -0.141. The van der Waals surface area contributed by atoms with E-state index < -0.39 is 5.41 Å². The first-order chi connectivity index (χ1) is 5.40. The number of hydrogen-bond acceptors (Lipinski definition) is 3. The van der Waals surface area contributed by atoms with Gasteiger partial charge in [0.2, 0.25) is 0 Å². The minimum Gasteiger partial charge on any atom is -0.469 e. The van der Waals surface area contributed by atoms with Gasteiger partial charge in [-0.25, -0.2) is 0 Å². The molecule has 0 saturated carbocycles. The van der Waals surface area contributed by atoms with Gasteiger partial charge in [0.25, 0.3) is 0 Å². The number of rotatable bonds is 4. The van der Waals surface area contributed by atoms with Crippen molar-refractivity contribution in [2.75, 3.05) is 7.11 Å². The molecular formula is C8H13IO3. The summed E-state index contributed by atoms with van der Waals surface area (Å²) in [5, 5.41) is 0. The second-order valence-electron chi connectivity index (χ2n) is 3.23. The summed E-state index contributed by atoms with van der Waals surface area (Å²) in [6.07, 6.45) is 0.847. The van der Waals surface area contributed by atoms with Crippen LogP contribution in [-0.4, -0.2) is 16.9 Å². The summed E-state index contributed by atoms with van der Waals surface area (Å²) in [6, 6.07) is 0. The van der Waals surface area contributed by atoms with Crippen molar-refractivity contribution in [1.82, 2.24) is 0 Å². The molecule has 0 spiro atoms. The van der Waals surface area contributed by atoms with Crippen molar-refractivity contribution in [2.24, 2.45) is 5.41 Å². The van der Waals surface area contributed by atoms with E-state index in [1.165, 1.54) is 7.11 Å². The minimum absolute atomic E-state index is 0.0732. The standard InChI is InChI=1S/C8H13IO3/c1-8(2,7(9)11)5-4-6(10)12-3/h4-5H2,1-3H3. The first-order valence-corrected chi connectivity index (χ1v) is 4.75. The molecule has 0 aromatic heterocycles. The van der Waals surface area contributed by atoms with E-state index in [2.05, 4.69) is 4.74 Å². The van der Waals surface area contributed by atoms with Crippen LogP contribution in [0.1, 0.15) is 26.7 Å². The predicted octanol–water partition coefficient (Wildman–Crippen LogP) is 1.93. The molecule has 0 aliphatic carbocycles. The van der Waals surface area contributed by atoms with Crippen LogP contribution in [-0.2, 0) is 14.3 Å². The number of esters is 1. The van der Waals surface area contributed by atoms with Crippen molar-refractivity contribution in [2.45, 2.75) is 26.7 Å². The molecule has 0 aliphatic rings. The highest BCUT2D eigenvalue weighted by atomic mass is 127. The Balaban J connectivity index is 3.92. The molecule has 4 heteroatoms. The van der Waals surface area contributed by atoms with Crippen LogP contribution in [0.2, 0.25) is 0 Å². The second kappa shape index (κ2) is 4.79. The molecule has 0 aromatic carbocycles. The number of carbonyl (C=O) groups excluding carboxylic acids is 2. The van der Waals surface area contributed by atoms with E-state index in [-0.39, 0.29) is 9.76 Å². The number of ether oxygens (including phenoxy) is 1. The normalized spacial score (nSPS) is 11.0. The first kappa shape index (κ1) is 11.9. The summed E-state index contributed by atoms with van der Waals surface area (Å²) in [7, 11) is 1.35. The number of carbonyl (C=O) groups is 2. The van der Waals surface area contributed by atoms with Gasteiger partial charge in [0, 0.05) is 34.4 Å². The third-order valence-electron chi connectivity index (χ3n) is 1.71. The Morgan fingerprint density at radius 2 is 1.92 bits per heavy atom. The summed E-state index contributed by atoms with van der Waals surface area (Å²) < 4.78 is 4.55. The zero-order valence-electron chi connectivity index (χ0n) is 7.52. The maximum absolute atomic E-state index is 11.0. The van der Waals surface area contributed by atoms with Crippen LogP contribution in [0, 0.1) is 5.41 Å². The molecule has 0 N–H and O–H groups in total. The smallest absolute Gasteiger partial charge is 0.305 e. The van der Waals surface area contributed by atoms with Crippen molar-refractivity contribution in [3.05, 3.63) is 0 Å². The SMILES string of the molecule is COC(=O)CCC(C)(C)C(=O)I. The van der Waals surface area contributed by atoms with Gasteiger partial charge in [0.15, 0.2) is 3.79 Å². The van der Waals surface area contributed by atoms with Gasteiger partial charge in [-0.3, -0.25) is 9.59 Å². The third kappa shape index (κ3) is 4.04. The first-order valence-electron chi connectivity index (χ1n) is 3.67. The van der Waals surface area contributed by atoms with Crippen LogP contribution in [0.4, 0.5) is 0 Å². The molecule has 12 heavy (non-hydrogen) atoms. The van der Waals surface area contributed by atoms with E-state index in [1.54, 1.807) is 22.6 Å². The fraction of sp³-hybridized carbons (Fsp3) is 0.750. The molecule has 0 radical (unpaired) electrons. The average molecular weight is 284 g/mol. The van der Waals surface area contributed by atoms with Gasteiger partial charge in [-0.15, -0.1) is 0 Å². The van der Waals surface area contributed by atoms with Gasteiger partial charge in [-0.2, -0.15) is 0 Å². The van der Waals surface area contributed by atoms with Crippen LogP contribution in [0.5, 0.6) is 0 Å². The molecule has 0 heterocycles. The second-order valence-corrected chi connectivity index (χ2v) is 4.21. The van der Waals surface area contributed by atoms with Crippen LogP contribution in [0.3, 0.4) is 0 Å². The molecule has 0 rings (SSSR count). The summed E-state index contributed by atoms with van der Waals surface area (Å²) in [5.74, 6) is -0.263. The van der Waals surface area contributed by atoms with Gasteiger partial charge < -0.3 is 4.74 Å². The van der Waals surface area contributed by atoms with E-state index >= 15 is 0 Å². The van der Waals surface area contributed by atoms with Crippen LogP contribution in [0.15, 0.2) is 0 Å². The Hall–Kier alpha value is -0.130. The molecule has 0 amide bonds. The minimum atomic E-state index is -0.422. The summed E-state index contributed by atoms with van der Waals surface area (Å²) in [6.45, 7) is 3.65. The van der Waals surface area contributed by atoms with Crippen molar-refractivity contribution >= 4 is 32.4 Å². The third-order valence-corrected chi connectivity index (χ3v) is 3.17. The quantitative estimate of drug-likeness (QED) is 0.450. The Morgan fingerprint density at radius 3 is 2.25 bits per heavy atom. The molecule has 0 saturated heterocycles. The Kier molecular flexibility index (Phi) is 4.74. The largest absolute Gasteiger partial charge is 0.469 e. The number of hydrogen-bond donors (Lipinski definition) is 0. The Bertz CT molecular complexity index is 187. The molecule has 0 unspecified atom stereocenters. The summed E-state index contributed by atoms with van der Waals surface area (Å²) >= 11 is 1.75. The fourth-order valence-electron chi connectivity index (χ4n) is 0.615. The zero-order valence-corrected chi connectivity index (χ0v) is 9.67. The molecule has 0 atom stereocenters. The van der Waals surface area contributed by atoms with E-state index in [9.17, 15) is 9.59 Å². The van der Waals surface area contributed by atoms with E-state index in [0.29, 0.717) is 12.8 Å². The van der Waals surface area contributed by atoms with E-state index in [1.807, 2.05) is 13.8 Å². The van der Waals surface area contributed by atoms with Gasteiger partial charge in [0.05, 0.1) is 7.11 Å². The Labute approximate surface area is 86.0 Å². The van der Waals surface area contributed by atoms with Gasteiger partial charge in [0.1, 0.15) is 0 Å². The summed E-state index contributed by atoms with van der Waals surface area (Å²) in [4.78, 5) is 21.7. The lowest BCUT2D eigenvalue weighted by Crippen LogP contribution is -2.20. The lowest BCUT2D eigenvalue weighted by atomic mass is 9.90. The van der Waals surface area contributed by atoms with E-state index in [0.717, 1.165) is 0 Å². The van der Waals surface area contributed by atoms with Gasteiger partial charge >= 0.3 is 5.97 Å². The van der Waals surface area contributed by atoms with Crippen molar-refractivity contribution in [3.63, 3.8) is 0 Å². The van der Waals surface area contributed by atoms with Crippen molar-refractivity contribution < 1.29 is 14.3 Å². The van der Waals surface area contributed by atoms with Crippen LogP contribution in [0.25, 0.3) is 0 Å². The molecule has 0 aliphatic heterocycles.